The van der Waals surface area contributed by atoms with Crippen LogP contribution in [0, 0.1) is 109 Å². The molecule has 0 unspecified atom stereocenters. The van der Waals surface area contributed by atoms with Crippen LogP contribution in [0.2, 0.25) is 0 Å². The van der Waals surface area contributed by atoms with Crippen LogP contribution in [-0.2, 0) is 55.9 Å². The molecular formula is C112H194N6O10. The van der Waals surface area contributed by atoms with Gasteiger partial charge in [-0.25, -0.2) is 0 Å². The van der Waals surface area contributed by atoms with Crippen LogP contribution < -0.4 is 36.6 Å². The minimum Gasteiger partial charge on any atom is -0.488 e. The van der Waals surface area contributed by atoms with Gasteiger partial charge in [0, 0.05) is 88.5 Å². The van der Waals surface area contributed by atoms with E-state index in [1.54, 1.807) is 6.92 Å². The van der Waals surface area contributed by atoms with Gasteiger partial charge in [0.15, 0.2) is 0 Å². The molecule has 0 aliphatic rings. The maximum Gasteiger partial charge on any atom is 0.306 e. The van der Waals surface area contributed by atoms with E-state index in [4.69, 9.17) is 30.1 Å². The van der Waals surface area contributed by atoms with Crippen molar-refractivity contribution in [3.63, 3.8) is 0 Å². The van der Waals surface area contributed by atoms with E-state index in [2.05, 4.69) is 306 Å². The first-order valence-corrected chi connectivity index (χ1v) is 46.1. The number of terminal acetylenes is 1. The molecule has 3 rings (SSSR count). The van der Waals surface area contributed by atoms with Crippen molar-refractivity contribution in [2.24, 2.45) is 37.9 Å². The molecule has 3 aromatic carbocycles. The van der Waals surface area contributed by atoms with E-state index in [-0.39, 0.29) is 73.5 Å². The lowest BCUT2D eigenvalue weighted by atomic mass is 9.75. The van der Waals surface area contributed by atoms with Crippen LogP contribution in [0.3, 0.4) is 0 Å². The Balaban J connectivity index is -0.000000207. The highest BCUT2D eigenvalue weighted by Crippen LogP contribution is 2.35. The molecule has 3 amide bonds. The number of rotatable bonds is 29. The fraction of sp³-hybridized carbons (Fsp3) is 0.688. The van der Waals surface area contributed by atoms with E-state index in [9.17, 15) is 24.0 Å². The molecule has 0 spiro atoms. The van der Waals surface area contributed by atoms with Crippen molar-refractivity contribution < 1.29 is 47.7 Å². The third-order valence-corrected chi connectivity index (χ3v) is 18.5. The molecule has 0 heterocycles. The summed E-state index contributed by atoms with van der Waals surface area (Å²) in [5, 5.41) is 17.5. The van der Waals surface area contributed by atoms with Gasteiger partial charge in [0.05, 0.1) is 24.4 Å². The standard InChI is InChI=1S/C15H30O3.C13H4.C11H16O.C11H22O.C11H16.C10H14O.C10H22O.C10H22.3C7H16N2O/c1-7-15(5,6)10-12-17-11-8-9-13(16)18-14(2,3)4;1-3-5-7-9-11-13-12-10-8-6-4-2;1-11(2,3)12-9-10-7-5-4-6-8-10;1-7-11(5,6)8-9(12)10(2,3)4;1-11(2,3)9-10-7-5-4-6-8-10;1-10(2,3)11-9-7-5-4-6-8-9;1-7-10(5,6)8-11-9(2,3)4;1-7-10(5,6)8-9(2,3)4;3*1-6(10)9-5-7(2,3)8-4/h7-12H2,1-6H3;1H,2H3;4-8H,9H2,1-3H3;7-8H2,1-6H3;4-8H,9H2,1-3H3;4-8H,1-3H3;7-8H2,1-6H3;7-8H2,1-6H3;3*8H,5H2,1-4H3,(H,9,10). The summed E-state index contributed by atoms with van der Waals surface area (Å²) in [5.41, 5.74) is 4.21. The van der Waals surface area contributed by atoms with Crippen LogP contribution in [0.15, 0.2) is 91.0 Å². The summed E-state index contributed by atoms with van der Waals surface area (Å²) >= 11 is 0. The van der Waals surface area contributed by atoms with Gasteiger partial charge < -0.3 is 55.6 Å². The number of benzene rings is 3. The zero-order chi connectivity index (χ0) is 102. The molecule has 16 nitrogen and oxygen atoms in total. The zero-order valence-electron chi connectivity index (χ0n) is 90.8. The van der Waals surface area contributed by atoms with Crippen molar-refractivity contribution in [1.82, 2.24) is 31.9 Å². The quantitative estimate of drug-likeness (QED) is 0.0218. The number of Topliss-reactive ketones (excluding diaryl/α,β-unsaturated/α-hetero) is 1. The molecule has 0 radical (unpaired) electrons. The summed E-state index contributed by atoms with van der Waals surface area (Å²) in [6.07, 6.45) is 15.0. The van der Waals surface area contributed by atoms with Crippen LogP contribution in [0.4, 0.5) is 0 Å². The molecule has 732 valence electrons. The second kappa shape index (κ2) is 70.0. The van der Waals surface area contributed by atoms with Gasteiger partial charge in [0.1, 0.15) is 22.7 Å². The van der Waals surface area contributed by atoms with E-state index in [0.29, 0.717) is 78.5 Å². The van der Waals surface area contributed by atoms with E-state index >= 15 is 0 Å². The normalized spacial score (nSPS) is 11.3. The molecule has 3 aromatic rings. The van der Waals surface area contributed by atoms with Crippen molar-refractivity contribution in [2.45, 2.75) is 408 Å². The lowest BCUT2D eigenvalue weighted by Crippen LogP contribution is -2.46. The Morgan fingerprint density at radius 2 is 0.742 bits per heavy atom. The first-order chi connectivity index (χ1) is 58.0. The van der Waals surface area contributed by atoms with E-state index in [0.717, 1.165) is 51.1 Å². The number of esters is 1. The largest absolute Gasteiger partial charge is 0.488 e. The number of para-hydroxylation sites is 1. The Hall–Kier alpha value is -7.87. The first-order valence-electron chi connectivity index (χ1n) is 46.1. The summed E-state index contributed by atoms with van der Waals surface area (Å²) in [7, 11) is 5.63. The molecule has 0 aromatic heterocycles. The van der Waals surface area contributed by atoms with Crippen LogP contribution in [0.5, 0.6) is 5.75 Å². The zero-order valence-corrected chi connectivity index (χ0v) is 90.8. The minimum absolute atomic E-state index is 0.00639. The van der Waals surface area contributed by atoms with Crippen molar-refractivity contribution in [3.8, 4) is 77.3 Å². The van der Waals surface area contributed by atoms with Crippen molar-refractivity contribution in [1.29, 1.82) is 0 Å². The van der Waals surface area contributed by atoms with Gasteiger partial charge in [0.2, 0.25) is 17.7 Å². The van der Waals surface area contributed by atoms with E-state index in [1.165, 1.54) is 51.2 Å². The van der Waals surface area contributed by atoms with Gasteiger partial charge in [0.25, 0.3) is 0 Å². The second-order valence-corrected chi connectivity index (χ2v) is 44.4. The molecule has 6 N–H and O–H groups in total. The van der Waals surface area contributed by atoms with Crippen LogP contribution >= 0.6 is 0 Å². The van der Waals surface area contributed by atoms with Crippen LogP contribution in [0.25, 0.3) is 0 Å². The molecule has 16 heteroatoms. The number of hydrogen-bond acceptors (Lipinski definition) is 13. The van der Waals surface area contributed by atoms with Gasteiger partial charge in [-0.2, -0.15) is 0 Å². The maximum absolute atomic E-state index is 11.6. The van der Waals surface area contributed by atoms with E-state index < -0.39 is 0 Å². The number of ether oxygens (including phenoxy) is 5. The predicted molar refractivity (Wildman–Crippen MR) is 552 cm³/mol. The number of ketones is 1. The topological polar surface area (TPSA) is 204 Å². The molecule has 0 fully saturated rings. The fourth-order valence-corrected chi connectivity index (χ4v) is 8.78. The Kier molecular flexibility index (Phi) is 74.1. The third-order valence-electron chi connectivity index (χ3n) is 18.5. The van der Waals surface area contributed by atoms with Crippen LogP contribution in [0.1, 0.15) is 367 Å². The number of amides is 3. The molecule has 0 atom stereocenters. The average molecular weight is 1780 g/mol. The Morgan fingerprint density at radius 3 is 1.03 bits per heavy atom. The Morgan fingerprint density at radius 1 is 0.391 bits per heavy atom. The van der Waals surface area contributed by atoms with Crippen molar-refractivity contribution >= 4 is 29.5 Å². The molecule has 0 saturated heterocycles. The van der Waals surface area contributed by atoms with Gasteiger partial charge in [-0.05, 0) is 300 Å². The van der Waals surface area contributed by atoms with Crippen molar-refractivity contribution in [3.05, 3.63) is 102 Å². The third kappa shape index (κ3) is 112. The maximum atomic E-state index is 11.6. The minimum atomic E-state index is -0.386. The van der Waals surface area contributed by atoms with E-state index in [1.807, 2.05) is 174 Å². The first kappa shape index (κ1) is 136. The summed E-state index contributed by atoms with van der Waals surface area (Å²) in [4.78, 5) is 54.5. The fourth-order valence-electron chi connectivity index (χ4n) is 8.78. The number of carbonyl (C=O) groups excluding carboxylic acids is 5. The Bertz CT molecular complexity index is 3650. The van der Waals surface area contributed by atoms with Crippen molar-refractivity contribution in [2.75, 3.05) is 60.6 Å². The molecule has 0 aliphatic carbocycles. The lowest BCUT2D eigenvalue weighted by molar-refractivity contribution is -0.155. The average Bonchev–Trinajstić information content (AvgIpc) is 0.875. The highest BCUT2D eigenvalue weighted by molar-refractivity contribution is 5.84. The highest BCUT2D eigenvalue weighted by atomic mass is 16.6. The summed E-state index contributed by atoms with van der Waals surface area (Å²) < 4.78 is 27.7. The van der Waals surface area contributed by atoms with Crippen LogP contribution in [-0.4, -0.2) is 129 Å². The predicted octanol–water partition coefficient (Wildman–Crippen LogP) is 24.6. The van der Waals surface area contributed by atoms with Gasteiger partial charge >= 0.3 is 5.97 Å². The molecule has 0 bridgehead atoms. The molecule has 128 heavy (non-hydrogen) atoms. The summed E-state index contributed by atoms with van der Waals surface area (Å²) in [6, 6.07) is 30.7. The van der Waals surface area contributed by atoms with Gasteiger partial charge in [-0.1, -0.05) is 249 Å². The molecule has 0 aliphatic heterocycles. The second-order valence-electron chi connectivity index (χ2n) is 44.4. The monoisotopic (exact) mass is 1780 g/mol. The van der Waals surface area contributed by atoms with Gasteiger partial charge in [-0.15, -0.1) is 6.42 Å². The smallest absolute Gasteiger partial charge is 0.306 e. The molecule has 0 saturated carbocycles. The highest BCUT2D eigenvalue weighted by Gasteiger charge is 2.29. The summed E-state index contributed by atoms with van der Waals surface area (Å²) in [6.45, 7) is 94.1. The number of nitrogens with one attached hydrogen (secondary N) is 6. The van der Waals surface area contributed by atoms with Gasteiger partial charge in [-0.3, -0.25) is 24.0 Å². The number of carbonyl (C=O) groups is 5. The molecular weight excluding hydrogens is 1590 g/mol. The number of likely N-dealkylation sites (N-methyl/N-ethyl adjacent to an activating group) is 3. The lowest BCUT2D eigenvalue weighted by Gasteiger charge is -2.31. The Labute approximate surface area is 790 Å². The summed E-state index contributed by atoms with van der Waals surface area (Å²) in [5.74, 6) is 28.1. The SMILES string of the molecule is C#CC#CC#CC#CC#CC#CC.CC(C)(C)Cc1ccccc1.CC(C)(C)OCc1ccccc1.CC(C)(C)Oc1ccccc1.CCC(C)(C)CC(=O)C(C)(C)C.CCC(C)(C)CC(C)(C)C.CCC(C)(C)CCOCCCC(=O)OC(C)(C)C.CCC(C)(C)COC(C)(C)C.CNC(C)(C)CNC(C)=O.CNC(C)(C)CNC(C)=O.CNC(C)(C)CNC(C)=O. The number of hydrogen-bond donors (Lipinski definition) is 6.